The van der Waals surface area contributed by atoms with E-state index in [9.17, 15) is 14.7 Å². The van der Waals surface area contributed by atoms with Crippen LogP contribution in [0, 0.1) is 0 Å². The van der Waals surface area contributed by atoms with Crippen LogP contribution in [-0.2, 0) is 9.53 Å². The van der Waals surface area contributed by atoms with Gasteiger partial charge in [0.1, 0.15) is 18.1 Å². The number of carbonyl (C=O) groups is 2. The number of benzene rings is 3. The number of fused-ring (bicyclic) bond motifs is 3. The number of rotatable bonds is 7. The third kappa shape index (κ3) is 3.97. The lowest BCUT2D eigenvalue weighted by Gasteiger charge is -2.19. The van der Waals surface area contributed by atoms with Crippen molar-refractivity contribution in [3.05, 3.63) is 83.4 Å². The number of carboxylic acid groups (broad SMARTS) is 1. The molecule has 0 saturated heterocycles. The van der Waals surface area contributed by atoms with Gasteiger partial charge < -0.3 is 24.6 Å². The summed E-state index contributed by atoms with van der Waals surface area (Å²) in [4.78, 5) is 24.5. The van der Waals surface area contributed by atoms with Crippen molar-refractivity contribution in [1.29, 1.82) is 0 Å². The Hall–Kier alpha value is -4.00. The molecule has 32 heavy (non-hydrogen) atoms. The molecule has 0 heterocycles. The highest BCUT2D eigenvalue weighted by molar-refractivity contribution is 5.83. The molecule has 4 rings (SSSR count). The molecule has 3 aromatic carbocycles. The van der Waals surface area contributed by atoms with Gasteiger partial charge in [0.2, 0.25) is 0 Å². The zero-order valence-corrected chi connectivity index (χ0v) is 17.7. The molecule has 0 bridgehead atoms. The van der Waals surface area contributed by atoms with Crippen molar-refractivity contribution in [2.75, 3.05) is 20.8 Å². The maximum atomic E-state index is 12.6. The fourth-order valence-corrected chi connectivity index (χ4v) is 4.09. The van der Waals surface area contributed by atoms with Gasteiger partial charge in [-0.15, -0.1) is 0 Å². The summed E-state index contributed by atoms with van der Waals surface area (Å²) >= 11 is 0. The fraction of sp³-hybridized carbons (Fsp3) is 0.200. The molecule has 1 atom stereocenters. The number of amides is 1. The Morgan fingerprint density at radius 1 is 0.938 bits per heavy atom. The first kappa shape index (κ1) is 21.2. The van der Waals surface area contributed by atoms with E-state index in [0.29, 0.717) is 5.75 Å². The van der Waals surface area contributed by atoms with Gasteiger partial charge in [-0.1, -0.05) is 48.5 Å². The zero-order chi connectivity index (χ0) is 22.7. The number of carboxylic acids is 1. The molecular weight excluding hydrogens is 410 g/mol. The maximum Gasteiger partial charge on any atom is 0.408 e. The first-order valence-electron chi connectivity index (χ1n) is 10.1. The molecular formula is C25H23NO6. The van der Waals surface area contributed by atoms with Crippen LogP contribution in [0.1, 0.15) is 28.7 Å². The molecule has 0 fully saturated rings. The lowest BCUT2D eigenvalue weighted by atomic mass is 9.98. The van der Waals surface area contributed by atoms with E-state index in [1.54, 1.807) is 18.2 Å². The summed E-state index contributed by atoms with van der Waals surface area (Å²) in [7, 11) is 2.92. The van der Waals surface area contributed by atoms with Crippen molar-refractivity contribution in [3.8, 4) is 22.6 Å². The summed E-state index contributed by atoms with van der Waals surface area (Å²) < 4.78 is 15.9. The number of alkyl carbamates (subject to hydrolysis) is 1. The minimum Gasteiger partial charge on any atom is -0.497 e. The van der Waals surface area contributed by atoms with Crippen molar-refractivity contribution >= 4 is 12.1 Å². The molecule has 3 aromatic rings. The lowest BCUT2D eigenvalue weighted by molar-refractivity contribution is -0.139. The molecule has 0 saturated carbocycles. The third-order valence-corrected chi connectivity index (χ3v) is 5.60. The van der Waals surface area contributed by atoms with E-state index >= 15 is 0 Å². The van der Waals surface area contributed by atoms with Gasteiger partial charge in [-0.05, 0) is 34.4 Å². The fourth-order valence-electron chi connectivity index (χ4n) is 4.09. The van der Waals surface area contributed by atoms with Crippen LogP contribution in [0.3, 0.4) is 0 Å². The highest BCUT2D eigenvalue weighted by Crippen LogP contribution is 2.44. The first-order valence-corrected chi connectivity index (χ1v) is 10.1. The van der Waals surface area contributed by atoms with Crippen LogP contribution in [-0.4, -0.2) is 38.0 Å². The predicted octanol–water partition coefficient (Wildman–Crippen LogP) is 4.37. The van der Waals surface area contributed by atoms with Gasteiger partial charge >= 0.3 is 12.1 Å². The molecule has 7 heteroatoms. The van der Waals surface area contributed by atoms with Gasteiger partial charge in [-0.3, -0.25) is 0 Å². The van der Waals surface area contributed by atoms with Crippen LogP contribution in [0.25, 0.3) is 11.1 Å². The lowest BCUT2D eigenvalue weighted by Crippen LogP contribution is -2.35. The van der Waals surface area contributed by atoms with Crippen LogP contribution >= 0.6 is 0 Å². The van der Waals surface area contributed by atoms with Gasteiger partial charge in [0.05, 0.1) is 14.2 Å². The standard InChI is InChI=1S/C25H23NO6/c1-30-15-11-12-20(22(13-15)31-2)23(24(27)28)26-25(29)32-14-21-18-9-5-3-7-16(18)17-8-4-6-10-19(17)21/h3-13,21,23H,14H2,1-2H3,(H,26,29)(H,27,28). The Balaban J connectivity index is 1.51. The van der Waals surface area contributed by atoms with Gasteiger partial charge in [0, 0.05) is 17.5 Å². The van der Waals surface area contributed by atoms with Crippen LogP contribution < -0.4 is 14.8 Å². The van der Waals surface area contributed by atoms with Crippen molar-refractivity contribution in [1.82, 2.24) is 5.32 Å². The monoisotopic (exact) mass is 433 g/mol. The van der Waals surface area contributed by atoms with E-state index in [2.05, 4.69) is 5.32 Å². The topological polar surface area (TPSA) is 94.1 Å². The molecule has 0 aliphatic heterocycles. The number of aliphatic carboxylic acids is 1. The number of nitrogens with one attached hydrogen (secondary N) is 1. The normalized spacial score (nSPS) is 12.9. The van der Waals surface area contributed by atoms with E-state index in [0.717, 1.165) is 22.3 Å². The molecule has 1 unspecified atom stereocenters. The molecule has 2 N–H and O–H groups in total. The zero-order valence-electron chi connectivity index (χ0n) is 17.7. The van der Waals surface area contributed by atoms with E-state index in [1.165, 1.54) is 14.2 Å². The summed E-state index contributed by atoms with van der Waals surface area (Å²) in [6.07, 6.45) is -0.822. The Labute approximate surface area is 185 Å². The van der Waals surface area contributed by atoms with Crippen LogP contribution in [0.2, 0.25) is 0 Å². The van der Waals surface area contributed by atoms with Crippen LogP contribution in [0.4, 0.5) is 4.79 Å². The second-order valence-electron chi connectivity index (χ2n) is 7.35. The minimum absolute atomic E-state index is 0.0892. The van der Waals surface area contributed by atoms with Gasteiger partial charge in [0.25, 0.3) is 0 Å². The Kier molecular flexibility index (Phi) is 5.98. The molecule has 7 nitrogen and oxygen atoms in total. The highest BCUT2D eigenvalue weighted by atomic mass is 16.5. The SMILES string of the molecule is COc1ccc(C(NC(=O)OCC2c3ccccc3-c3ccccc32)C(=O)O)c(OC)c1. The van der Waals surface area contributed by atoms with E-state index in [1.807, 2.05) is 48.5 Å². The van der Waals surface area contributed by atoms with E-state index < -0.39 is 18.1 Å². The molecule has 0 radical (unpaired) electrons. The molecule has 164 valence electrons. The van der Waals surface area contributed by atoms with Crippen molar-refractivity contribution < 1.29 is 28.9 Å². The van der Waals surface area contributed by atoms with Gasteiger partial charge in [0.15, 0.2) is 6.04 Å². The van der Waals surface area contributed by atoms with Crippen LogP contribution in [0.15, 0.2) is 66.7 Å². The molecule has 0 spiro atoms. The van der Waals surface area contributed by atoms with Crippen molar-refractivity contribution in [2.24, 2.45) is 0 Å². The summed E-state index contributed by atoms with van der Waals surface area (Å²) in [5, 5.41) is 12.1. The number of hydrogen-bond acceptors (Lipinski definition) is 5. The second-order valence-corrected chi connectivity index (χ2v) is 7.35. The summed E-state index contributed by atoms with van der Waals surface area (Å²) in [5.41, 5.74) is 4.67. The van der Waals surface area contributed by atoms with Gasteiger partial charge in [-0.2, -0.15) is 0 Å². The highest BCUT2D eigenvalue weighted by Gasteiger charge is 2.30. The average molecular weight is 433 g/mol. The Morgan fingerprint density at radius 3 is 2.12 bits per heavy atom. The third-order valence-electron chi connectivity index (χ3n) is 5.60. The average Bonchev–Trinajstić information content (AvgIpc) is 3.14. The number of carbonyl (C=O) groups excluding carboxylic acids is 1. The van der Waals surface area contributed by atoms with Gasteiger partial charge in [-0.25, -0.2) is 9.59 Å². The number of ether oxygens (including phenoxy) is 3. The van der Waals surface area contributed by atoms with Crippen molar-refractivity contribution in [3.63, 3.8) is 0 Å². The number of methoxy groups -OCH3 is 2. The molecule has 1 amide bonds. The summed E-state index contributed by atoms with van der Waals surface area (Å²) in [6, 6.07) is 19.4. The second kappa shape index (κ2) is 9.01. The smallest absolute Gasteiger partial charge is 0.408 e. The molecule has 0 aromatic heterocycles. The summed E-state index contributed by atoms with van der Waals surface area (Å²) in [6.45, 7) is 0.0892. The minimum atomic E-state index is -1.34. The van der Waals surface area contributed by atoms with E-state index in [4.69, 9.17) is 14.2 Å². The largest absolute Gasteiger partial charge is 0.497 e. The number of hydrogen-bond donors (Lipinski definition) is 2. The Morgan fingerprint density at radius 2 is 1.56 bits per heavy atom. The van der Waals surface area contributed by atoms with E-state index in [-0.39, 0.29) is 23.8 Å². The van der Waals surface area contributed by atoms with Crippen LogP contribution in [0.5, 0.6) is 11.5 Å². The predicted molar refractivity (Wildman–Crippen MR) is 118 cm³/mol. The molecule has 1 aliphatic carbocycles. The maximum absolute atomic E-state index is 12.6. The molecule has 1 aliphatic rings. The first-order chi connectivity index (χ1) is 15.5. The summed E-state index contributed by atoms with van der Waals surface area (Å²) in [5.74, 6) is -0.555. The quantitative estimate of drug-likeness (QED) is 0.575. The Bertz CT molecular complexity index is 1110. The van der Waals surface area contributed by atoms with Crippen molar-refractivity contribution in [2.45, 2.75) is 12.0 Å².